The molecule has 0 aliphatic heterocycles. The summed E-state index contributed by atoms with van der Waals surface area (Å²) in [5.41, 5.74) is 0.333. The zero-order chi connectivity index (χ0) is 25.4. The fourth-order valence-electron chi connectivity index (χ4n) is 3.22. The summed E-state index contributed by atoms with van der Waals surface area (Å²) in [7, 11) is -3.78. The predicted molar refractivity (Wildman–Crippen MR) is 143 cm³/mol. The molecule has 1 heterocycles. The van der Waals surface area contributed by atoms with E-state index in [9.17, 15) is 18.3 Å². The van der Waals surface area contributed by atoms with E-state index in [0.717, 1.165) is 21.1 Å². The van der Waals surface area contributed by atoms with Crippen molar-refractivity contribution in [3.05, 3.63) is 72.8 Å². The van der Waals surface area contributed by atoms with E-state index in [1.165, 1.54) is 22.0 Å². The van der Waals surface area contributed by atoms with E-state index in [-0.39, 0.29) is 12.3 Å². The number of benzene rings is 2. The van der Waals surface area contributed by atoms with Gasteiger partial charge < -0.3 is 5.11 Å². The zero-order valence-corrected chi connectivity index (χ0v) is 22.4. The quantitative estimate of drug-likeness (QED) is 0.264. The van der Waals surface area contributed by atoms with E-state index >= 15 is 0 Å². The number of rotatable bonds is 10. The summed E-state index contributed by atoms with van der Waals surface area (Å²) in [5.74, 6) is -0.755. The molecule has 0 spiro atoms. The number of fused-ring (bicyclic) bond motifs is 1. The predicted octanol–water partition coefficient (Wildman–Crippen LogP) is 5.91. The third-order valence-corrected chi connectivity index (χ3v) is 9.35. The summed E-state index contributed by atoms with van der Waals surface area (Å²) in [6.07, 6.45) is 1.27. The number of aliphatic carboxylic acids is 1. The fraction of sp³-hybridized carbons (Fsp3) is 0.360. The Hall–Kier alpha value is -2.20. The van der Waals surface area contributed by atoms with Crippen molar-refractivity contribution in [2.75, 3.05) is 11.5 Å². The van der Waals surface area contributed by atoms with E-state index < -0.39 is 27.4 Å². The van der Waals surface area contributed by atoms with Gasteiger partial charge >= 0.3 is 5.97 Å². The van der Waals surface area contributed by atoms with Gasteiger partial charge in [0.2, 0.25) is 10.0 Å². The molecule has 2 aromatic carbocycles. The highest BCUT2D eigenvalue weighted by Crippen LogP contribution is 2.31. The molecule has 9 heteroatoms. The second kappa shape index (κ2) is 12.5. The summed E-state index contributed by atoms with van der Waals surface area (Å²) in [5, 5.41) is 9.65. The van der Waals surface area contributed by atoms with Crippen LogP contribution in [-0.2, 0) is 21.4 Å². The number of carbonyl (C=O) groups is 1. The molecule has 34 heavy (non-hydrogen) atoms. The number of carboxylic acids is 1. The van der Waals surface area contributed by atoms with Gasteiger partial charge in [-0.25, -0.2) is 13.4 Å². The van der Waals surface area contributed by atoms with Crippen molar-refractivity contribution >= 4 is 49.3 Å². The van der Waals surface area contributed by atoms with E-state index in [4.69, 9.17) is 0 Å². The molecule has 0 fully saturated rings. The van der Waals surface area contributed by atoms with Crippen molar-refractivity contribution in [1.82, 2.24) is 9.29 Å². The minimum Gasteiger partial charge on any atom is -0.480 e. The molecule has 3 aromatic rings. The first-order chi connectivity index (χ1) is 16.1. The van der Waals surface area contributed by atoms with Crippen LogP contribution in [0, 0.1) is 5.92 Å². The van der Waals surface area contributed by atoms with E-state index in [2.05, 4.69) is 36.7 Å². The van der Waals surface area contributed by atoms with Gasteiger partial charge in [-0.15, -0.1) is 17.9 Å². The Kier molecular flexibility index (Phi) is 10.3. The lowest BCUT2D eigenvalue weighted by Gasteiger charge is -2.39. The van der Waals surface area contributed by atoms with Gasteiger partial charge in [-0.1, -0.05) is 81.1 Å². The molecule has 0 saturated carbocycles. The highest BCUT2D eigenvalue weighted by molar-refractivity contribution is 8.01. The summed E-state index contributed by atoms with van der Waals surface area (Å²) in [6.45, 7) is 10.5. The minimum absolute atomic E-state index is 0.0119. The Bertz CT molecular complexity index is 1160. The van der Waals surface area contributed by atoms with Crippen LogP contribution in [0.2, 0.25) is 0 Å². The first kappa shape index (κ1) is 28.0. The first-order valence-electron chi connectivity index (χ1n) is 10.9. The molecule has 0 bridgehead atoms. The summed E-state index contributed by atoms with van der Waals surface area (Å²) < 4.78 is 28.7. The second-order valence-corrected chi connectivity index (χ2v) is 12.5. The van der Waals surface area contributed by atoms with Crippen LogP contribution in [0.3, 0.4) is 0 Å². The van der Waals surface area contributed by atoms with Gasteiger partial charge in [0, 0.05) is 6.54 Å². The van der Waals surface area contributed by atoms with Gasteiger partial charge in [0.15, 0.2) is 4.34 Å². The fourth-order valence-corrected chi connectivity index (χ4v) is 6.87. The number of nitrogens with zero attached hydrogens (tertiary/aromatic N) is 2. The Labute approximate surface area is 210 Å². The number of hydrogen-bond donors (Lipinski definition) is 1. The summed E-state index contributed by atoms with van der Waals surface area (Å²) in [4.78, 5) is 16.3. The molecule has 3 rings (SSSR count). The van der Waals surface area contributed by atoms with Crippen molar-refractivity contribution in [3.63, 3.8) is 0 Å². The van der Waals surface area contributed by atoms with Crippen LogP contribution in [0.4, 0.5) is 0 Å². The molecule has 1 aromatic heterocycles. The van der Waals surface area contributed by atoms with Crippen LogP contribution >= 0.6 is 23.1 Å². The third-order valence-electron chi connectivity index (χ3n) is 5.45. The average molecular weight is 521 g/mol. The van der Waals surface area contributed by atoms with Gasteiger partial charge in [-0.05, 0) is 36.3 Å². The van der Waals surface area contributed by atoms with Gasteiger partial charge in [0.25, 0.3) is 0 Å². The number of sulfonamides is 1. The maximum absolute atomic E-state index is 12.6. The van der Waals surface area contributed by atoms with Crippen LogP contribution < -0.4 is 0 Å². The lowest BCUT2D eigenvalue weighted by molar-refractivity contribution is -0.150. The third kappa shape index (κ3) is 6.91. The molecular formula is C25H32N2O4S3. The van der Waals surface area contributed by atoms with Crippen LogP contribution in [0.25, 0.3) is 10.2 Å². The number of thiazole rings is 1. The Morgan fingerprint density at radius 3 is 2.35 bits per heavy atom. The SMILES string of the molecule is C=CCS(=O)(=O)N(Cc1ccccc1)C(C)(C(=O)O)C(C)C.CCSc1nc2ccccc2s1. The standard InChI is InChI=1S/C16H23NO4S.C9H9NS2/c1-5-11-22(20,21)17(12-14-9-7-6-8-10-14)16(4,13(2)3)15(18)19;1-2-11-9-10-7-5-3-4-6-8(7)12-9/h5-10,13H,1,11-12H2,2-4H3,(H,18,19);3-6H,2H2,1H3. The number of carboxylic acid groups (broad SMARTS) is 1. The minimum atomic E-state index is -3.78. The highest BCUT2D eigenvalue weighted by Gasteiger charge is 2.47. The lowest BCUT2D eigenvalue weighted by atomic mass is 9.88. The molecule has 1 atom stereocenters. The van der Waals surface area contributed by atoms with Crippen molar-refractivity contribution in [2.24, 2.45) is 5.92 Å². The lowest BCUT2D eigenvalue weighted by Crippen LogP contribution is -2.58. The van der Waals surface area contributed by atoms with E-state index in [1.807, 2.05) is 23.9 Å². The molecule has 0 amide bonds. The number of para-hydroxylation sites is 1. The van der Waals surface area contributed by atoms with Gasteiger partial charge in [0.1, 0.15) is 5.54 Å². The van der Waals surface area contributed by atoms with E-state index in [1.54, 1.807) is 49.4 Å². The molecule has 1 N–H and O–H groups in total. The van der Waals surface area contributed by atoms with Gasteiger partial charge in [0.05, 0.1) is 16.0 Å². The number of aromatic nitrogens is 1. The van der Waals surface area contributed by atoms with Gasteiger partial charge in [-0.2, -0.15) is 4.31 Å². The van der Waals surface area contributed by atoms with E-state index in [0.29, 0.717) is 0 Å². The normalized spacial score (nSPS) is 13.4. The van der Waals surface area contributed by atoms with Crippen molar-refractivity contribution in [1.29, 1.82) is 0 Å². The maximum Gasteiger partial charge on any atom is 0.325 e. The molecule has 6 nitrogen and oxygen atoms in total. The van der Waals surface area contributed by atoms with Crippen LogP contribution in [-0.4, -0.2) is 45.8 Å². The van der Waals surface area contributed by atoms with Gasteiger partial charge in [-0.3, -0.25) is 4.79 Å². The number of thioether (sulfide) groups is 1. The Balaban J connectivity index is 0.000000283. The summed E-state index contributed by atoms with van der Waals surface area (Å²) >= 11 is 3.58. The number of hydrogen-bond acceptors (Lipinski definition) is 6. The van der Waals surface area contributed by atoms with Crippen LogP contribution in [0.1, 0.15) is 33.3 Å². The van der Waals surface area contributed by atoms with Crippen molar-refractivity contribution in [3.8, 4) is 0 Å². The Morgan fingerprint density at radius 1 is 1.21 bits per heavy atom. The molecule has 184 valence electrons. The molecule has 0 aliphatic rings. The second-order valence-electron chi connectivity index (χ2n) is 8.05. The average Bonchev–Trinajstić information content (AvgIpc) is 3.20. The van der Waals surface area contributed by atoms with Crippen molar-refractivity contribution in [2.45, 2.75) is 44.1 Å². The van der Waals surface area contributed by atoms with Crippen LogP contribution in [0.5, 0.6) is 0 Å². The zero-order valence-electron chi connectivity index (χ0n) is 20.0. The van der Waals surface area contributed by atoms with Crippen molar-refractivity contribution < 1.29 is 18.3 Å². The highest BCUT2D eigenvalue weighted by atomic mass is 32.2. The summed E-state index contributed by atoms with van der Waals surface area (Å²) in [6, 6.07) is 17.2. The molecular weight excluding hydrogens is 488 g/mol. The molecule has 1 unspecified atom stereocenters. The largest absolute Gasteiger partial charge is 0.480 e. The topological polar surface area (TPSA) is 87.6 Å². The monoisotopic (exact) mass is 520 g/mol. The first-order valence-corrected chi connectivity index (χ1v) is 14.3. The molecule has 0 radical (unpaired) electrons. The molecule has 0 aliphatic carbocycles. The molecule has 0 saturated heterocycles. The maximum atomic E-state index is 12.6. The van der Waals surface area contributed by atoms with Crippen LogP contribution in [0.15, 0.2) is 71.6 Å². The smallest absolute Gasteiger partial charge is 0.325 e. The Morgan fingerprint density at radius 2 is 1.82 bits per heavy atom.